The summed E-state index contributed by atoms with van der Waals surface area (Å²) in [6.45, 7) is 2.16. The fourth-order valence-corrected chi connectivity index (χ4v) is 6.30. The van der Waals surface area contributed by atoms with Gasteiger partial charge in [0.05, 0.1) is 0 Å². The highest BCUT2D eigenvalue weighted by Gasteiger charge is 2.16. The maximum atomic E-state index is 6.41. The first-order valence-corrected chi connectivity index (χ1v) is 14.4. The second kappa shape index (κ2) is 9.90. The first-order valence-electron chi connectivity index (χ1n) is 14.4. The number of fused-ring (bicyclic) bond motifs is 5. The molecule has 0 aliphatic carbocycles. The Morgan fingerprint density at radius 3 is 1.52 bits per heavy atom. The van der Waals surface area contributed by atoms with E-state index in [1.807, 2.05) is 0 Å². The van der Waals surface area contributed by atoms with Crippen LogP contribution < -0.4 is 0 Å². The molecule has 0 unspecified atom stereocenters. The molecule has 0 radical (unpaired) electrons. The van der Waals surface area contributed by atoms with Crippen molar-refractivity contribution in [1.29, 1.82) is 0 Å². The normalized spacial score (nSPS) is 11.5. The molecule has 1 heterocycles. The van der Waals surface area contributed by atoms with Crippen LogP contribution in [0.5, 0.6) is 0 Å². The monoisotopic (exact) mass is 536 g/mol. The molecule has 0 fully saturated rings. The summed E-state index contributed by atoms with van der Waals surface area (Å²) in [7, 11) is 0. The lowest BCUT2D eigenvalue weighted by Gasteiger charge is -2.13. The lowest BCUT2D eigenvalue weighted by atomic mass is 9.91. The van der Waals surface area contributed by atoms with E-state index >= 15 is 0 Å². The van der Waals surface area contributed by atoms with E-state index in [9.17, 15) is 0 Å². The van der Waals surface area contributed by atoms with Gasteiger partial charge in [-0.15, -0.1) is 0 Å². The number of aryl methyl sites for hydroxylation is 1. The fraction of sp³-hybridized carbons (Fsp3) is 0.0244. The highest BCUT2D eigenvalue weighted by atomic mass is 16.3. The molecule has 8 rings (SSSR count). The third-order valence-electron chi connectivity index (χ3n) is 8.39. The zero-order valence-electron chi connectivity index (χ0n) is 23.3. The largest absolute Gasteiger partial charge is 0.455 e. The minimum Gasteiger partial charge on any atom is -0.455 e. The standard InChI is InChI=1S/C41H28O/c1-27-11-10-18-39-40(27)38-26-37(35-16-8-9-17-36(35)41(38)42-39)31-21-19-30(20-22-31)34-24-32(28-12-4-2-5-13-28)23-33(25-34)29-14-6-3-7-15-29/h2-26H,1H3. The van der Waals surface area contributed by atoms with Crippen molar-refractivity contribution in [3.05, 3.63) is 157 Å². The molecule has 0 aliphatic rings. The average Bonchev–Trinajstić information content (AvgIpc) is 3.45. The molecule has 198 valence electrons. The Balaban J connectivity index is 1.28. The molecule has 1 heteroatoms. The molecule has 7 aromatic carbocycles. The summed E-state index contributed by atoms with van der Waals surface area (Å²) in [5, 5.41) is 4.71. The predicted molar refractivity (Wildman–Crippen MR) is 178 cm³/mol. The van der Waals surface area contributed by atoms with E-state index < -0.39 is 0 Å². The Hall–Kier alpha value is -5.40. The summed E-state index contributed by atoms with van der Waals surface area (Å²) in [4.78, 5) is 0. The molecule has 8 aromatic rings. The van der Waals surface area contributed by atoms with Gasteiger partial charge in [0.25, 0.3) is 0 Å². The summed E-state index contributed by atoms with van der Waals surface area (Å²) >= 11 is 0. The summed E-state index contributed by atoms with van der Waals surface area (Å²) in [6, 6.07) is 54.4. The van der Waals surface area contributed by atoms with Crippen molar-refractivity contribution in [3.8, 4) is 44.5 Å². The van der Waals surface area contributed by atoms with Crippen LogP contribution in [0.1, 0.15) is 5.56 Å². The van der Waals surface area contributed by atoms with Gasteiger partial charge in [0, 0.05) is 16.2 Å². The van der Waals surface area contributed by atoms with Crippen LogP contribution in [0.15, 0.2) is 156 Å². The minimum atomic E-state index is 0.940. The first-order chi connectivity index (χ1) is 20.7. The number of hydrogen-bond acceptors (Lipinski definition) is 1. The van der Waals surface area contributed by atoms with E-state index in [1.54, 1.807) is 0 Å². The Labute approximate surface area is 245 Å². The van der Waals surface area contributed by atoms with Crippen molar-refractivity contribution < 1.29 is 4.42 Å². The topological polar surface area (TPSA) is 13.1 Å². The molecule has 1 aromatic heterocycles. The molecule has 0 N–H and O–H groups in total. The van der Waals surface area contributed by atoms with Crippen molar-refractivity contribution in [2.75, 3.05) is 0 Å². The molecule has 0 atom stereocenters. The quantitative estimate of drug-likeness (QED) is 0.218. The highest BCUT2D eigenvalue weighted by molar-refractivity contribution is 6.19. The van der Waals surface area contributed by atoms with Crippen LogP contribution in [0.25, 0.3) is 77.2 Å². The molecular formula is C41H28O. The van der Waals surface area contributed by atoms with Crippen molar-refractivity contribution in [1.82, 2.24) is 0 Å². The van der Waals surface area contributed by atoms with Gasteiger partial charge in [-0.05, 0) is 92.7 Å². The smallest absolute Gasteiger partial charge is 0.143 e. The Bertz CT molecular complexity index is 2160. The average molecular weight is 537 g/mol. The van der Waals surface area contributed by atoms with Gasteiger partial charge in [-0.3, -0.25) is 0 Å². The minimum absolute atomic E-state index is 0.940. The molecule has 1 nitrogen and oxygen atoms in total. The molecular weight excluding hydrogens is 508 g/mol. The summed E-state index contributed by atoms with van der Waals surface area (Å²) < 4.78 is 6.41. The van der Waals surface area contributed by atoms with Crippen molar-refractivity contribution in [3.63, 3.8) is 0 Å². The lowest BCUT2D eigenvalue weighted by Crippen LogP contribution is -1.87. The summed E-state index contributed by atoms with van der Waals surface area (Å²) in [5.74, 6) is 0. The van der Waals surface area contributed by atoms with Crippen LogP contribution in [0.3, 0.4) is 0 Å². The third kappa shape index (κ3) is 4.10. The van der Waals surface area contributed by atoms with E-state index in [-0.39, 0.29) is 0 Å². The predicted octanol–water partition coefficient (Wildman–Crippen LogP) is 11.7. The van der Waals surface area contributed by atoms with Crippen LogP contribution in [0.2, 0.25) is 0 Å². The van der Waals surface area contributed by atoms with Gasteiger partial charge < -0.3 is 4.42 Å². The highest BCUT2D eigenvalue weighted by Crippen LogP contribution is 2.41. The van der Waals surface area contributed by atoms with Crippen LogP contribution >= 0.6 is 0 Å². The number of furan rings is 1. The maximum Gasteiger partial charge on any atom is 0.143 e. The van der Waals surface area contributed by atoms with Gasteiger partial charge in [0.15, 0.2) is 0 Å². The lowest BCUT2D eigenvalue weighted by molar-refractivity contribution is 0.672. The van der Waals surface area contributed by atoms with Gasteiger partial charge >= 0.3 is 0 Å². The van der Waals surface area contributed by atoms with E-state index in [2.05, 4.69) is 159 Å². The van der Waals surface area contributed by atoms with Crippen LogP contribution in [-0.2, 0) is 0 Å². The van der Waals surface area contributed by atoms with Crippen LogP contribution in [0, 0.1) is 6.92 Å². The van der Waals surface area contributed by atoms with Gasteiger partial charge in [-0.25, -0.2) is 0 Å². The fourth-order valence-electron chi connectivity index (χ4n) is 6.30. The second-order valence-corrected chi connectivity index (χ2v) is 11.0. The number of rotatable bonds is 4. The zero-order chi connectivity index (χ0) is 28.0. The van der Waals surface area contributed by atoms with Crippen molar-refractivity contribution in [2.24, 2.45) is 0 Å². The molecule has 0 spiro atoms. The third-order valence-corrected chi connectivity index (χ3v) is 8.39. The van der Waals surface area contributed by atoms with Gasteiger partial charge in [-0.2, -0.15) is 0 Å². The Morgan fingerprint density at radius 1 is 0.381 bits per heavy atom. The van der Waals surface area contributed by atoms with E-state index in [0.717, 1.165) is 16.6 Å². The summed E-state index contributed by atoms with van der Waals surface area (Å²) in [5.41, 5.74) is 12.8. The first kappa shape index (κ1) is 24.4. The molecule has 0 amide bonds. The maximum absolute atomic E-state index is 6.41. The molecule has 42 heavy (non-hydrogen) atoms. The molecule has 0 bridgehead atoms. The Morgan fingerprint density at radius 2 is 0.905 bits per heavy atom. The van der Waals surface area contributed by atoms with E-state index in [0.29, 0.717) is 0 Å². The van der Waals surface area contributed by atoms with E-state index in [1.165, 1.54) is 66.2 Å². The molecule has 0 saturated carbocycles. The Kier molecular flexibility index (Phi) is 5.75. The number of hydrogen-bond donors (Lipinski definition) is 0. The zero-order valence-corrected chi connectivity index (χ0v) is 23.3. The summed E-state index contributed by atoms with van der Waals surface area (Å²) in [6.07, 6.45) is 0. The van der Waals surface area contributed by atoms with Gasteiger partial charge in [0.2, 0.25) is 0 Å². The number of benzene rings is 7. The SMILES string of the molecule is Cc1cccc2oc3c4ccccc4c(-c4ccc(-c5cc(-c6ccccc6)cc(-c6ccccc6)c5)cc4)cc3c12. The van der Waals surface area contributed by atoms with E-state index in [4.69, 9.17) is 4.42 Å². The van der Waals surface area contributed by atoms with Crippen LogP contribution in [0.4, 0.5) is 0 Å². The van der Waals surface area contributed by atoms with Crippen molar-refractivity contribution in [2.45, 2.75) is 6.92 Å². The molecule has 0 aliphatic heterocycles. The molecule has 0 saturated heterocycles. The van der Waals surface area contributed by atoms with Crippen molar-refractivity contribution >= 4 is 32.7 Å². The van der Waals surface area contributed by atoms with Crippen LogP contribution in [-0.4, -0.2) is 0 Å². The van der Waals surface area contributed by atoms with Gasteiger partial charge in [0.1, 0.15) is 11.2 Å². The van der Waals surface area contributed by atoms with Gasteiger partial charge in [-0.1, -0.05) is 121 Å². The second-order valence-electron chi connectivity index (χ2n) is 11.0.